The molecule has 0 aliphatic carbocycles. The smallest absolute Gasteiger partial charge is 0.244 e. The maximum atomic E-state index is 13.9. The van der Waals surface area contributed by atoms with Crippen molar-refractivity contribution in [1.82, 2.24) is 25.3 Å². The molecular weight excluding hydrogens is 498 g/mol. The molecule has 3 atom stereocenters. The Hall–Kier alpha value is -2.53. The highest BCUT2D eigenvalue weighted by molar-refractivity contribution is 5.89. The average Bonchev–Trinajstić information content (AvgIpc) is 2.89. The topological polar surface area (TPSA) is 125 Å². The first-order chi connectivity index (χ1) is 18.6. The number of carbonyl (C=O) groups is 3. The Morgan fingerprint density at radius 3 is 2.41 bits per heavy atom. The fraction of sp³-hybridized carbons (Fsp3) is 0.690. The molecule has 3 saturated heterocycles. The Bertz CT molecular complexity index is 982. The molecule has 39 heavy (non-hydrogen) atoms. The predicted molar refractivity (Wildman–Crippen MR) is 148 cm³/mol. The molecule has 10 heteroatoms. The van der Waals surface area contributed by atoms with Gasteiger partial charge in [0.05, 0.1) is 30.6 Å². The SMILES string of the molecule is CC(C)N1CCN2C(=O)CC3(CCN(Cc4ccccc4)CC3)NC(=O)CC(O)CC(O)CCNC(=O)[C@@H]2C1. The third-order valence-electron chi connectivity index (χ3n) is 8.46. The van der Waals surface area contributed by atoms with Gasteiger partial charge in [0.2, 0.25) is 17.7 Å². The lowest BCUT2D eigenvalue weighted by Gasteiger charge is -2.46. The third-order valence-corrected chi connectivity index (χ3v) is 8.46. The predicted octanol–water partition coefficient (Wildman–Crippen LogP) is 0.471. The number of fused-ring (bicyclic) bond motifs is 1. The van der Waals surface area contributed by atoms with Crippen LogP contribution in [-0.2, 0) is 20.9 Å². The molecule has 0 bridgehead atoms. The number of carbonyl (C=O) groups excluding carboxylic acids is 3. The fourth-order valence-electron chi connectivity index (χ4n) is 6.07. The number of hydrogen-bond donors (Lipinski definition) is 4. The highest BCUT2D eigenvalue weighted by Gasteiger charge is 2.43. The molecule has 4 N–H and O–H groups in total. The molecule has 0 radical (unpaired) electrons. The van der Waals surface area contributed by atoms with Gasteiger partial charge in [-0.2, -0.15) is 0 Å². The molecule has 3 aliphatic heterocycles. The summed E-state index contributed by atoms with van der Waals surface area (Å²) >= 11 is 0. The largest absolute Gasteiger partial charge is 0.393 e. The quantitative estimate of drug-likeness (QED) is 0.437. The van der Waals surface area contributed by atoms with Gasteiger partial charge in [0.25, 0.3) is 0 Å². The number of benzene rings is 1. The van der Waals surface area contributed by atoms with Crippen LogP contribution in [0.15, 0.2) is 30.3 Å². The maximum Gasteiger partial charge on any atom is 0.244 e. The van der Waals surface area contributed by atoms with Gasteiger partial charge in [0.15, 0.2) is 0 Å². The van der Waals surface area contributed by atoms with Crippen LogP contribution in [0.2, 0.25) is 0 Å². The van der Waals surface area contributed by atoms with E-state index in [1.54, 1.807) is 4.90 Å². The molecule has 216 valence electrons. The summed E-state index contributed by atoms with van der Waals surface area (Å²) in [6.07, 6.45) is -0.359. The number of amides is 3. The second-order valence-corrected chi connectivity index (χ2v) is 11.8. The molecule has 1 aromatic rings. The molecule has 0 aromatic heterocycles. The third kappa shape index (κ3) is 8.00. The first-order valence-electron chi connectivity index (χ1n) is 14.4. The minimum atomic E-state index is -1.00. The summed E-state index contributed by atoms with van der Waals surface area (Å²) in [5, 5.41) is 26.9. The van der Waals surface area contributed by atoms with Crippen molar-refractivity contribution in [1.29, 1.82) is 0 Å². The number of likely N-dealkylation sites (tertiary alicyclic amines) is 1. The molecule has 1 aromatic carbocycles. The van der Waals surface area contributed by atoms with Gasteiger partial charge in [-0.3, -0.25) is 24.2 Å². The monoisotopic (exact) mass is 543 g/mol. The van der Waals surface area contributed by atoms with Gasteiger partial charge in [-0.1, -0.05) is 30.3 Å². The lowest BCUT2D eigenvalue weighted by Crippen LogP contribution is -2.64. The summed E-state index contributed by atoms with van der Waals surface area (Å²) in [6.45, 7) is 8.21. The average molecular weight is 544 g/mol. The van der Waals surface area contributed by atoms with Crippen molar-refractivity contribution in [3.05, 3.63) is 35.9 Å². The van der Waals surface area contributed by atoms with Gasteiger partial charge < -0.3 is 25.7 Å². The van der Waals surface area contributed by atoms with Crippen molar-refractivity contribution >= 4 is 17.7 Å². The first-order valence-corrected chi connectivity index (χ1v) is 14.4. The van der Waals surface area contributed by atoms with Crippen molar-refractivity contribution in [3.8, 4) is 0 Å². The molecule has 1 spiro atoms. The normalized spacial score (nSPS) is 28.4. The van der Waals surface area contributed by atoms with E-state index in [4.69, 9.17) is 0 Å². The number of piperidine rings is 1. The molecule has 2 unspecified atom stereocenters. The van der Waals surface area contributed by atoms with Crippen LogP contribution in [0.25, 0.3) is 0 Å². The van der Waals surface area contributed by atoms with Gasteiger partial charge in [0, 0.05) is 51.9 Å². The first kappa shape index (κ1) is 29.5. The van der Waals surface area contributed by atoms with Crippen LogP contribution in [0.5, 0.6) is 0 Å². The standard InChI is InChI=1S/C29H45N5O5/c1-21(2)33-14-15-34-25(20-33)28(39)30-11-8-23(35)16-24(36)17-26(37)31-29(18-27(34)38)9-12-32(13-10-29)19-22-6-4-3-5-7-22/h3-7,21,23-25,35-36H,8-20H2,1-2H3,(H,30,39)(H,31,37)/t23?,24?,25-/m0/s1. The van der Waals surface area contributed by atoms with E-state index in [0.717, 1.165) is 19.6 Å². The van der Waals surface area contributed by atoms with Crippen molar-refractivity contribution < 1.29 is 24.6 Å². The van der Waals surface area contributed by atoms with Crippen LogP contribution in [0.4, 0.5) is 0 Å². The van der Waals surface area contributed by atoms with E-state index < -0.39 is 23.8 Å². The van der Waals surface area contributed by atoms with Gasteiger partial charge in [-0.25, -0.2) is 0 Å². The Balaban J connectivity index is 1.54. The van der Waals surface area contributed by atoms with Gasteiger partial charge in [-0.05, 0) is 45.1 Å². The van der Waals surface area contributed by atoms with Crippen LogP contribution in [0.3, 0.4) is 0 Å². The lowest BCUT2D eigenvalue weighted by molar-refractivity contribution is -0.146. The number of nitrogens with zero attached hydrogens (tertiary/aromatic N) is 3. The van der Waals surface area contributed by atoms with E-state index in [0.29, 0.717) is 32.5 Å². The van der Waals surface area contributed by atoms with Crippen molar-refractivity contribution in [3.63, 3.8) is 0 Å². The number of piperazine rings is 1. The summed E-state index contributed by atoms with van der Waals surface area (Å²) in [4.78, 5) is 46.4. The van der Waals surface area contributed by atoms with Crippen LogP contribution in [0, 0.1) is 0 Å². The lowest BCUT2D eigenvalue weighted by atomic mass is 9.83. The number of aliphatic hydroxyl groups is 2. The number of nitrogens with one attached hydrogen (secondary N) is 2. The maximum absolute atomic E-state index is 13.9. The highest BCUT2D eigenvalue weighted by Crippen LogP contribution is 2.29. The second kappa shape index (κ2) is 13.2. The molecule has 3 fully saturated rings. The van der Waals surface area contributed by atoms with E-state index in [-0.39, 0.29) is 56.0 Å². The minimum Gasteiger partial charge on any atom is -0.393 e. The fourth-order valence-corrected chi connectivity index (χ4v) is 6.07. The Morgan fingerprint density at radius 2 is 1.72 bits per heavy atom. The van der Waals surface area contributed by atoms with Gasteiger partial charge in [-0.15, -0.1) is 0 Å². The summed E-state index contributed by atoms with van der Waals surface area (Å²) in [5.74, 6) is -0.679. The summed E-state index contributed by atoms with van der Waals surface area (Å²) in [6, 6.07) is 9.84. The Kier molecular flexibility index (Phi) is 9.98. The molecular formula is C29H45N5O5. The highest BCUT2D eigenvalue weighted by atomic mass is 16.3. The molecule has 10 nitrogen and oxygen atoms in total. The Labute approximate surface area is 231 Å². The minimum absolute atomic E-state index is 0.0523. The number of rotatable bonds is 3. The summed E-state index contributed by atoms with van der Waals surface area (Å²) < 4.78 is 0. The molecule has 0 saturated carbocycles. The molecule has 3 heterocycles. The molecule has 3 amide bonds. The van der Waals surface area contributed by atoms with E-state index in [1.807, 2.05) is 18.2 Å². The van der Waals surface area contributed by atoms with E-state index in [2.05, 4.69) is 46.4 Å². The van der Waals surface area contributed by atoms with Crippen molar-refractivity contribution in [2.45, 2.75) is 88.7 Å². The van der Waals surface area contributed by atoms with E-state index in [9.17, 15) is 24.6 Å². The molecule has 3 aliphatic rings. The van der Waals surface area contributed by atoms with Crippen LogP contribution >= 0.6 is 0 Å². The van der Waals surface area contributed by atoms with E-state index in [1.165, 1.54) is 5.56 Å². The summed E-state index contributed by atoms with van der Waals surface area (Å²) in [5.41, 5.74) is 0.463. The van der Waals surface area contributed by atoms with E-state index >= 15 is 0 Å². The molecule has 4 rings (SSSR count). The number of aliphatic hydroxyl groups excluding tert-OH is 2. The van der Waals surface area contributed by atoms with Crippen molar-refractivity contribution in [2.24, 2.45) is 0 Å². The van der Waals surface area contributed by atoms with Gasteiger partial charge >= 0.3 is 0 Å². The van der Waals surface area contributed by atoms with Crippen LogP contribution in [0.1, 0.15) is 57.9 Å². The second-order valence-electron chi connectivity index (χ2n) is 11.8. The zero-order chi connectivity index (χ0) is 28.0. The Morgan fingerprint density at radius 1 is 1.00 bits per heavy atom. The van der Waals surface area contributed by atoms with Gasteiger partial charge in [0.1, 0.15) is 6.04 Å². The zero-order valence-electron chi connectivity index (χ0n) is 23.3. The number of hydrogen-bond acceptors (Lipinski definition) is 7. The van der Waals surface area contributed by atoms with Crippen LogP contribution in [-0.4, -0.2) is 112 Å². The summed E-state index contributed by atoms with van der Waals surface area (Å²) in [7, 11) is 0. The van der Waals surface area contributed by atoms with Crippen LogP contribution < -0.4 is 10.6 Å². The van der Waals surface area contributed by atoms with Crippen molar-refractivity contribution in [2.75, 3.05) is 39.3 Å². The zero-order valence-corrected chi connectivity index (χ0v) is 23.3.